The quantitative estimate of drug-likeness (QED) is 0.795. The number of rotatable bonds is 7. The van der Waals surface area contributed by atoms with Gasteiger partial charge in [0.2, 0.25) is 5.91 Å². The molecule has 25 heavy (non-hydrogen) atoms. The Morgan fingerprint density at radius 1 is 1.32 bits per heavy atom. The lowest BCUT2D eigenvalue weighted by Gasteiger charge is -2.37. The zero-order chi connectivity index (χ0) is 18.4. The fraction of sp³-hybridized carbons (Fsp3) is 0.650. The summed E-state index contributed by atoms with van der Waals surface area (Å²) in [6.45, 7) is 9.36. The van der Waals surface area contributed by atoms with Gasteiger partial charge in [-0.2, -0.15) is 0 Å². The Labute approximate surface area is 151 Å². The van der Waals surface area contributed by atoms with Crippen LogP contribution in [0.15, 0.2) is 24.3 Å². The Balaban J connectivity index is 1.92. The van der Waals surface area contributed by atoms with Crippen molar-refractivity contribution in [2.75, 3.05) is 13.1 Å². The van der Waals surface area contributed by atoms with Crippen molar-refractivity contribution < 1.29 is 14.6 Å². The number of amides is 1. The van der Waals surface area contributed by atoms with Gasteiger partial charge in [0.25, 0.3) is 0 Å². The molecule has 1 aromatic rings. The molecule has 0 aliphatic carbocycles. The molecule has 1 aliphatic heterocycles. The number of hydrogen-bond donors (Lipinski definition) is 2. The molecule has 0 bridgehead atoms. The molecule has 1 fully saturated rings. The summed E-state index contributed by atoms with van der Waals surface area (Å²) >= 11 is 0. The number of carbonyl (C=O) groups excluding carboxylic acids is 1. The first-order valence-electron chi connectivity index (χ1n) is 9.36. The highest BCUT2D eigenvalue weighted by Crippen LogP contribution is 2.22. The Morgan fingerprint density at radius 2 is 2.08 bits per heavy atom. The Hall–Kier alpha value is -1.59. The zero-order valence-electron chi connectivity index (χ0n) is 15.9. The van der Waals surface area contributed by atoms with E-state index < -0.39 is 6.10 Å². The fourth-order valence-electron chi connectivity index (χ4n) is 3.35. The third kappa shape index (κ3) is 5.72. The standard InChI is InChI=1S/C20H32N2O3/c1-14(2)22-11-6-5-10-18(22)20(24)21-13-19(23)16-8-7-9-17(12-16)25-15(3)4/h7-9,12,14-15,18-19,23H,5-6,10-11,13H2,1-4H3,(H,21,24). The van der Waals surface area contributed by atoms with Gasteiger partial charge in [0.05, 0.1) is 18.2 Å². The highest BCUT2D eigenvalue weighted by molar-refractivity contribution is 5.81. The van der Waals surface area contributed by atoms with Gasteiger partial charge >= 0.3 is 0 Å². The van der Waals surface area contributed by atoms with Gasteiger partial charge in [0.1, 0.15) is 5.75 Å². The van der Waals surface area contributed by atoms with Crippen LogP contribution in [-0.2, 0) is 4.79 Å². The van der Waals surface area contributed by atoms with E-state index in [0.29, 0.717) is 6.04 Å². The Bertz CT molecular complexity index is 560. The van der Waals surface area contributed by atoms with Crippen molar-refractivity contribution in [2.45, 2.75) is 71.2 Å². The maximum atomic E-state index is 12.6. The molecule has 5 heteroatoms. The number of benzene rings is 1. The number of likely N-dealkylation sites (tertiary alicyclic amines) is 1. The van der Waals surface area contributed by atoms with E-state index in [2.05, 4.69) is 24.1 Å². The first-order chi connectivity index (χ1) is 11.9. The molecule has 1 aliphatic rings. The molecule has 1 aromatic carbocycles. The highest BCUT2D eigenvalue weighted by Gasteiger charge is 2.30. The van der Waals surface area contributed by atoms with Crippen LogP contribution in [0.4, 0.5) is 0 Å². The third-order valence-electron chi connectivity index (χ3n) is 4.59. The second-order valence-electron chi connectivity index (χ2n) is 7.34. The SMILES string of the molecule is CC(C)Oc1cccc(C(O)CNC(=O)C2CCCCN2C(C)C)c1. The van der Waals surface area contributed by atoms with E-state index in [1.807, 2.05) is 38.1 Å². The Kier molecular flexibility index (Phi) is 7.26. The number of carbonyl (C=O) groups is 1. The van der Waals surface area contributed by atoms with Crippen LogP contribution in [0.2, 0.25) is 0 Å². The van der Waals surface area contributed by atoms with Gasteiger partial charge in [-0.25, -0.2) is 0 Å². The highest BCUT2D eigenvalue weighted by atomic mass is 16.5. The molecule has 0 saturated carbocycles. The minimum atomic E-state index is -0.740. The second kappa shape index (κ2) is 9.20. The van der Waals surface area contributed by atoms with Crippen LogP contribution in [0.3, 0.4) is 0 Å². The molecule has 2 N–H and O–H groups in total. The van der Waals surface area contributed by atoms with Crippen molar-refractivity contribution in [1.82, 2.24) is 10.2 Å². The molecule has 1 saturated heterocycles. The summed E-state index contributed by atoms with van der Waals surface area (Å²) in [7, 11) is 0. The summed E-state index contributed by atoms with van der Waals surface area (Å²) in [5.41, 5.74) is 0.753. The number of nitrogens with zero attached hydrogens (tertiary/aromatic N) is 1. The average Bonchev–Trinajstić information content (AvgIpc) is 2.59. The lowest BCUT2D eigenvalue weighted by molar-refractivity contribution is -0.129. The molecule has 2 unspecified atom stereocenters. The van der Waals surface area contributed by atoms with Crippen LogP contribution in [0.1, 0.15) is 58.6 Å². The topological polar surface area (TPSA) is 61.8 Å². The fourth-order valence-corrected chi connectivity index (χ4v) is 3.35. The minimum absolute atomic E-state index is 0.0158. The molecule has 2 rings (SSSR count). The lowest BCUT2D eigenvalue weighted by atomic mass is 9.99. The van der Waals surface area contributed by atoms with Crippen molar-refractivity contribution in [1.29, 1.82) is 0 Å². The predicted octanol–water partition coefficient (Wildman–Crippen LogP) is 2.89. The van der Waals surface area contributed by atoms with Crippen LogP contribution < -0.4 is 10.1 Å². The number of aliphatic hydroxyl groups excluding tert-OH is 1. The Morgan fingerprint density at radius 3 is 2.76 bits per heavy atom. The van der Waals surface area contributed by atoms with E-state index >= 15 is 0 Å². The third-order valence-corrected chi connectivity index (χ3v) is 4.59. The summed E-state index contributed by atoms with van der Waals surface area (Å²) in [6, 6.07) is 7.68. The van der Waals surface area contributed by atoms with Crippen molar-refractivity contribution in [2.24, 2.45) is 0 Å². The summed E-state index contributed by atoms with van der Waals surface area (Å²) in [6.07, 6.45) is 2.46. The monoisotopic (exact) mass is 348 g/mol. The molecule has 0 spiro atoms. The smallest absolute Gasteiger partial charge is 0.237 e. The van der Waals surface area contributed by atoms with Gasteiger partial charge in [-0.05, 0) is 64.8 Å². The number of nitrogens with one attached hydrogen (secondary N) is 1. The summed E-state index contributed by atoms with van der Waals surface area (Å²) in [5, 5.41) is 13.3. The molecule has 5 nitrogen and oxygen atoms in total. The van der Waals surface area contributed by atoms with E-state index in [9.17, 15) is 9.90 Å². The molecule has 1 amide bonds. The van der Waals surface area contributed by atoms with Crippen LogP contribution in [0, 0.1) is 0 Å². The van der Waals surface area contributed by atoms with Crippen molar-refractivity contribution in [3.05, 3.63) is 29.8 Å². The largest absolute Gasteiger partial charge is 0.491 e. The van der Waals surface area contributed by atoms with Crippen LogP contribution in [0.25, 0.3) is 0 Å². The maximum absolute atomic E-state index is 12.6. The summed E-state index contributed by atoms with van der Waals surface area (Å²) in [5.74, 6) is 0.748. The molecule has 0 aromatic heterocycles. The predicted molar refractivity (Wildman–Crippen MR) is 99.7 cm³/mol. The first kappa shape index (κ1) is 19.7. The second-order valence-corrected chi connectivity index (χ2v) is 7.34. The molecular weight excluding hydrogens is 316 g/mol. The van der Waals surface area contributed by atoms with Gasteiger partial charge in [0, 0.05) is 12.6 Å². The number of hydrogen-bond acceptors (Lipinski definition) is 4. The summed E-state index contributed by atoms with van der Waals surface area (Å²) in [4.78, 5) is 14.8. The van der Waals surface area contributed by atoms with Gasteiger partial charge in [-0.1, -0.05) is 18.6 Å². The number of piperidine rings is 1. The lowest BCUT2D eigenvalue weighted by Crippen LogP contribution is -2.52. The van der Waals surface area contributed by atoms with Crippen molar-refractivity contribution in [3.8, 4) is 5.75 Å². The van der Waals surface area contributed by atoms with Gasteiger partial charge < -0.3 is 15.2 Å². The van der Waals surface area contributed by atoms with Crippen molar-refractivity contribution in [3.63, 3.8) is 0 Å². The minimum Gasteiger partial charge on any atom is -0.491 e. The maximum Gasteiger partial charge on any atom is 0.237 e. The first-order valence-corrected chi connectivity index (χ1v) is 9.36. The average molecular weight is 348 g/mol. The van der Waals surface area contributed by atoms with Crippen molar-refractivity contribution >= 4 is 5.91 Å². The molecule has 1 heterocycles. The van der Waals surface area contributed by atoms with E-state index in [-0.39, 0.29) is 24.6 Å². The van der Waals surface area contributed by atoms with Crippen LogP contribution >= 0.6 is 0 Å². The van der Waals surface area contributed by atoms with Crippen LogP contribution in [0.5, 0.6) is 5.75 Å². The molecular formula is C20H32N2O3. The zero-order valence-corrected chi connectivity index (χ0v) is 15.9. The number of aliphatic hydroxyl groups is 1. The van der Waals surface area contributed by atoms with E-state index in [4.69, 9.17) is 4.74 Å². The molecule has 2 atom stereocenters. The summed E-state index contributed by atoms with van der Waals surface area (Å²) < 4.78 is 5.66. The van der Waals surface area contributed by atoms with Gasteiger partial charge in [0.15, 0.2) is 0 Å². The van der Waals surface area contributed by atoms with Gasteiger partial charge in [-0.15, -0.1) is 0 Å². The van der Waals surface area contributed by atoms with E-state index in [1.165, 1.54) is 0 Å². The normalized spacial score (nSPS) is 19.9. The van der Waals surface area contributed by atoms with Gasteiger partial charge in [-0.3, -0.25) is 9.69 Å². The number of ether oxygens (including phenoxy) is 1. The van der Waals surface area contributed by atoms with Crippen LogP contribution in [-0.4, -0.2) is 47.2 Å². The molecule has 0 radical (unpaired) electrons. The van der Waals surface area contributed by atoms with E-state index in [0.717, 1.165) is 37.1 Å². The molecule has 140 valence electrons. The van der Waals surface area contributed by atoms with E-state index in [1.54, 1.807) is 0 Å².